The SMILES string of the molecule is O=C(O)[C@H](CCN(CCCCc1ccc2c(n1)NCCC2)CC(O)C(F)F)Nc1ncnc2ccccc12. The summed E-state index contributed by atoms with van der Waals surface area (Å²) in [5, 5.41) is 26.6. The Labute approximate surface area is 220 Å². The second-order valence-corrected chi connectivity index (χ2v) is 9.56. The van der Waals surface area contributed by atoms with Gasteiger partial charge in [-0.05, 0) is 68.8 Å². The number of pyridine rings is 1. The first-order valence-corrected chi connectivity index (χ1v) is 13.0. The molecule has 0 fully saturated rings. The van der Waals surface area contributed by atoms with Gasteiger partial charge < -0.3 is 25.7 Å². The van der Waals surface area contributed by atoms with Crippen molar-refractivity contribution in [2.45, 2.75) is 57.1 Å². The number of carboxylic acid groups (broad SMARTS) is 1. The number of aromatic nitrogens is 3. The molecule has 0 saturated heterocycles. The Morgan fingerprint density at radius 3 is 2.79 bits per heavy atom. The number of fused-ring (bicyclic) bond motifs is 2. The predicted molar refractivity (Wildman–Crippen MR) is 142 cm³/mol. The van der Waals surface area contributed by atoms with Crippen LogP contribution in [0.1, 0.15) is 36.9 Å². The molecule has 1 aromatic carbocycles. The molecule has 0 radical (unpaired) electrons. The van der Waals surface area contributed by atoms with Crippen molar-refractivity contribution < 1.29 is 23.8 Å². The Bertz CT molecular complexity index is 1210. The molecule has 0 amide bonds. The van der Waals surface area contributed by atoms with E-state index in [1.165, 1.54) is 11.9 Å². The monoisotopic (exact) mass is 528 g/mol. The number of aryl methyl sites for hydroxylation is 2. The molecule has 4 rings (SSSR count). The zero-order valence-electron chi connectivity index (χ0n) is 21.2. The lowest BCUT2D eigenvalue weighted by Gasteiger charge is -2.26. The van der Waals surface area contributed by atoms with E-state index in [0.29, 0.717) is 29.7 Å². The number of carbonyl (C=O) groups is 1. The van der Waals surface area contributed by atoms with E-state index in [9.17, 15) is 23.8 Å². The molecule has 2 atom stereocenters. The highest BCUT2D eigenvalue weighted by atomic mass is 19.3. The molecule has 9 nitrogen and oxygen atoms in total. The summed E-state index contributed by atoms with van der Waals surface area (Å²) >= 11 is 0. The fourth-order valence-corrected chi connectivity index (χ4v) is 4.64. The summed E-state index contributed by atoms with van der Waals surface area (Å²) in [6, 6.07) is 10.4. The van der Waals surface area contributed by atoms with Gasteiger partial charge in [-0.2, -0.15) is 0 Å². The van der Waals surface area contributed by atoms with E-state index >= 15 is 0 Å². The molecular formula is C27H34F2N6O3. The van der Waals surface area contributed by atoms with Crippen LogP contribution in [0.2, 0.25) is 0 Å². The van der Waals surface area contributed by atoms with Crippen molar-refractivity contribution in [3.05, 3.63) is 54.0 Å². The van der Waals surface area contributed by atoms with Crippen molar-refractivity contribution in [3.8, 4) is 0 Å². The van der Waals surface area contributed by atoms with Gasteiger partial charge in [0.1, 0.15) is 30.1 Å². The largest absolute Gasteiger partial charge is 0.480 e. The average molecular weight is 529 g/mol. The Balaban J connectivity index is 1.34. The summed E-state index contributed by atoms with van der Waals surface area (Å²) in [6.45, 7) is 1.36. The van der Waals surface area contributed by atoms with E-state index in [0.717, 1.165) is 43.7 Å². The minimum atomic E-state index is -2.87. The first-order chi connectivity index (χ1) is 18.4. The molecule has 11 heteroatoms. The molecule has 38 heavy (non-hydrogen) atoms. The lowest BCUT2D eigenvalue weighted by Crippen LogP contribution is -2.40. The van der Waals surface area contributed by atoms with E-state index in [1.54, 1.807) is 11.0 Å². The number of halogens is 2. The molecular weight excluding hydrogens is 494 g/mol. The highest BCUT2D eigenvalue weighted by Crippen LogP contribution is 2.21. The number of hydrogen-bond donors (Lipinski definition) is 4. The number of hydrogen-bond acceptors (Lipinski definition) is 8. The topological polar surface area (TPSA) is 124 Å². The van der Waals surface area contributed by atoms with E-state index < -0.39 is 24.5 Å². The van der Waals surface area contributed by atoms with Gasteiger partial charge >= 0.3 is 5.97 Å². The quantitative estimate of drug-likeness (QED) is 0.232. The highest BCUT2D eigenvalue weighted by Gasteiger charge is 2.24. The maximum Gasteiger partial charge on any atom is 0.326 e. The minimum absolute atomic E-state index is 0.141. The third-order valence-corrected chi connectivity index (χ3v) is 6.73. The number of aliphatic hydroxyl groups is 1. The maximum atomic E-state index is 13.1. The van der Waals surface area contributed by atoms with Gasteiger partial charge in [0, 0.05) is 30.7 Å². The minimum Gasteiger partial charge on any atom is -0.480 e. The number of carboxylic acids is 1. The average Bonchev–Trinajstić information content (AvgIpc) is 2.92. The zero-order valence-corrected chi connectivity index (χ0v) is 21.2. The van der Waals surface area contributed by atoms with Gasteiger partial charge in [0.25, 0.3) is 6.43 Å². The molecule has 0 spiro atoms. The number of nitrogens with zero attached hydrogens (tertiary/aromatic N) is 4. The van der Waals surface area contributed by atoms with E-state index in [4.69, 9.17) is 4.98 Å². The van der Waals surface area contributed by atoms with Crippen LogP contribution in [0.5, 0.6) is 0 Å². The van der Waals surface area contributed by atoms with Crippen molar-refractivity contribution in [3.63, 3.8) is 0 Å². The van der Waals surface area contributed by atoms with Crippen LogP contribution in [0, 0.1) is 0 Å². The molecule has 2 aromatic heterocycles. The predicted octanol–water partition coefficient (Wildman–Crippen LogP) is 3.59. The van der Waals surface area contributed by atoms with Crippen LogP contribution in [-0.2, 0) is 17.6 Å². The number of aliphatic hydroxyl groups excluding tert-OH is 1. The Kier molecular flexibility index (Phi) is 9.72. The molecule has 0 aliphatic carbocycles. The number of benzene rings is 1. The van der Waals surface area contributed by atoms with Crippen molar-refractivity contribution in [2.24, 2.45) is 0 Å². The fourth-order valence-electron chi connectivity index (χ4n) is 4.64. The summed E-state index contributed by atoms with van der Waals surface area (Å²) in [5.41, 5.74) is 2.88. The van der Waals surface area contributed by atoms with Crippen LogP contribution >= 0.6 is 0 Å². The summed E-state index contributed by atoms with van der Waals surface area (Å²) in [6.07, 6.45) is 1.20. The molecule has 1 unspecified atom stereocenters. The number of para-hydroxylation sites is 1. The van der Waals surface area contributed by atoms with Crippen LogP contribution in [0.4, 0.5) is 20.4 Å². The molecule has 3 heterocycles. The van der Waals surface area contributed by atoms with Crippen molar-refractivity contribution >= 4 is 28.5 Å². The third-order valence-electron chi connectivity index (χ3n) is 6.73. The van der Waals surface area contributed by atoms with E-state index in [2.05, 4.69) is 26.7 Å². The molecule has 204 valence electrons. The van der Waals surface area contributed by atoms with Gasteiger partial charge in [-0.25, -0.2) is 28.5 Å². The molecule has 1 aliphatic rings. The first kappa shape index (κ1) is 27.6. The number of unbranched alkanes of at least 4 members (excludes halogenated alkanes) is 1. The smallest absolute Gasteiger partial charge is 0.326 e. The number of rotatable bonds is 14. The Morgan fingerprint density at radius 2 is 1.97 bits per heavy atom. The van der Waals surface area contributed by atoms with Crippen LogP contribution in [0.15, 0.2) is 42.7 Å². The highest BCUT2D eigenvalue weighted by molar-refractivity contribution is 5.90. The van der Waals surface area contributed by atoms with E-state index in [-0.39, 0.29) is 19.5 Å². The van der Waals surface area contributed by atoms with Crippen LogP contribution < -0.4 is 10.6 Å². The Morgan fingerprint density at radius 1 is 1.13 bits per heavy atom. The summed E-state index contributed by atoms with van der Waals surface area (Å²) < 4.78 is 26.2. The zero-order chi connectivity index (χ0) is 26.9. The molecule has 1 aliphatic heterocycles. The van der Waals surface area contributed by atoms with Crippen LogP contribution in [-0.4, -0.2) is 80.8 Å². The molecule has 0 bridgehead atoms. The standard InChI is InChI=1S/C27H34F2N6O3/c28-24(29)23(36)16-35(14-4-3-7-19-11-10-18-6-5-13-30-25(18)33-19)15-12-22(27(37)38)34-26-20-8-1-2-9-21(20)31-17-32-26/h1-2,8-11,17,22-24,36H,3-7,12-16H2,(H,30,33)(H,37,38)(H,31,32,34)/t22-,23?/m0/s1. The van der Waals surface area contributed by atoms with Gasteiger partial charge in [-0.1, -0.05) is 18.2 Å². The molecule has 3 aromatic rings. The van der Waals surface area contributed by atoms with Gasteiger partial charge in [0.15, 0.2) is 0 Å². The Hall–Kier alpha value is -3.44. The second-order valence-electron chi connectivity index (χ2n) is 9.56. The molecule has 0 saturated carbocycles. The number of alkyl halides is 2. The van der Waals surface area contributed by atoms with E-state index in [1.807, 2.05) is 24.3 Å². The summed E-state index contributed by atoms with van der Waals surface area (Å²) in [7, 11) is 0. The molecule has 4 N–H and O–H groups in total. The second kappa shape index (κ2) is 13.4. The number of anilines is 2. The third kappa shape index (κ3) is 7.55. The lowest BCUT2D eigenvalue weighted by molar-refractivity contribution is -0.138. The summed E-state index contributed by atoms with van der Waals surface area (Å²) in [5.74, 6) is 0.266. The van der Waals surface area contributed by atoms with Crippen LogP contribution in [0.25, 0.3) is 10.9 Å². The number of nitrogens with one attached hydrogen (secondary N) is 2. The number of aliphatic carboxylic acids is 1. The first-order valence-electron chi connectivity index (χ1n) is 13.0. The van der Waals surface area contributed by atoms with Gasteiger partial charge in [-0.15, -0.1) is 0 Å². The summed E-state index contributed by atoms with van der Waals surface area (Å²) in [4.78, 5) is 26.8. The fraction of sp³-hybridized carbons (Fsp3) is 0.481. The van der Waals surface area contributed by atoms with Gasteiger partial charge in [0.2, 0.25) is 0 Å². The van der Waals surface area contributed by atoms with Crippen LogP contribution in [0.3, 0.4) is 0 Å². The maximum absolute atomic E-state index is 13.1. The van der Waals surface area contributed by atoms with Gasteiger partial charge in [0.05, 0.1) is 5.52 Å². The van der Waals surface area contributed by atoms with Gasteiger partial charge in [-0.3, -0.25) is 0 Å². The normalized spacial score (nSPS) is 14.8. The lowest BCUT2D eigenvalue weighted by atomic mass is 10.1. The van der Waals surface area contributed by atoms with Crippen molar-refractivity contribution in [1.29, 1.82) is 0 Å². The van der Waals surface area contributed by atoms with Crippen molar-refractivity contribution in [1.82, 2.24) is 19.9 Å². The van der Waals surface area contributed by atoms with Crippen molar-refractivity contribution in [2.75, 3.05) is 36.8 Å².